The van der Waals surface area contributed by atoms with Crippen LogP contribution in [0.15, 0.2) is 59.5 Å². The maximum absolute atomic E-state index is 12.7. The van der Waals surface area contributed by atoms with Crippen LogP contribution in [0.1, 0.15) is 23.2 Å². The second kappa shape index (κ2) is 10.3. The first kappa shape index (κ1) is 25.0. The smallest absolute Gasteiger partial charge is 0.336 e. The number of carbonyl (C=O) groups excluding carboxylic acids is 1. The van der Waals surface area contributed by atoms with E-state index in [0.29, 0.717) is 49.4 Å². The molecule has 0 radical (unpaired) electrons. The Morgan fingerprint density at radius 2 is 1.62 bits per heavy atom. The minimum atomic E-state index is -3.82. The maximum Gasteiger partial charge on any atom is 0.336 e. The first-order chi connectivity index (χ1) is 17.8. The Labute approximate surface area is 215 Å². The molecule has 2 saturated heterocycles. The topological polar surface area (TPSA) is 123 Å². The minimum Gasteiger partial charge on any atom is -0.478 e. The van der Waals surface area contributed by atoms with Crippen molar-refractivity contribution in [3.8, 4) is 0 Å². The second-order valence-electron chi connectivity index (χ2n) is 9.33. The number of hydrogen-bond donors (Lipinski definition) is 2. The van der Waals surface area contributed by atoms with Crippen LogP contribution in [0.3, 0.4) is 0 Å². The lowest BCUT2D eigenvalue weighted by Crippen LogP contribution is -2.50. The van der Waals surface area contributed by atoms with Gasteiger partial charge in [0, 0.05) is 50.3 Å². The third-order valence-corrected chi connectivity index (χ3v) is 8.24. The van der Waals surface area contributed by atoms with Gasteiger partial charge in [0.15, 0.2) is 0 Å². The largest absolute Gasteiger partial charge is 0.478 e. The lowest BCUT2D eigenvalue weighted by molar-refractivity contribution is -0.131. The molecule has 0 saturated carbocycles. The van der Waals surface area contributed by atoms with Crippen molar-refractivity contribution in [3.05, 3.63) is 60.2 Å². The monoisotopic (exact) mass is 523 g/mol. The van der Waals surface area contributed by atoms with Crippen molar-refractivity contribution in [2.45, 2.75) is 17.7 Å². The highest BCUT2D eigenvalue weighted by Gasteiger charge is 2.25. The van der Waals surface area contributed by atoms with Crippen LogP contribution < -0.4 is 9.62 Å². The summed E-state index contributed by atoms with van der Waals surface area (Å²) >= 11 is 0. The number of hydrogen-bond acceptors (Lipinski definition) is 7. The zero-order chi connectivity index (χ0) is 26.0. The molecule has 3 heterocycles. The number of nitrogens with one attached hydrogen (secondary N) is 1. The summed E-state index contributed by atoms with van der Waals surface area (Å²) in [6.45, 7) is 4.70. The number of carboxylic acid groups (broad SMARTS) is 1. The summed E-state index contributed by atoms with van der Waals surface area (Å²) < 4.78 is 27.9. The van der Waals surface area contributed by atoms with Crippen LogP contribution in [0.5, 0.6) is 0 Å². The number of pyridine rings is 1. The zero-order valence-corrected chi connectivity index (χ0v) is 21.2. The molecule has 0 unspecified atom stereocenters. The summed E-state index contributed by atoms with van der Waals surface area (Å²) in [5, 5.41) is 10.3. The van der Waals surface area contributed by atoms with E-state index < -0.39 is 16.0 Å². The molecule has 2 N–H and O–H groups in total. The van der Waals surface area contributed by atoms with Gasteiger partial charge in [-0.15, -0.1) is 0 Å². The summed E-state index contributed by atoms with van der Waals surface area (Å²) in [6.07, 6.45) is 2.14. The number of benzene rings is 2. The molecule has 3 aromatic rings. The molecule has 10 nitrogen and oxygen atoms in total. The summed E-state index contributed by atoms with van der Waals surface area (Å²) in [7, 11) is -3.82. The molecular weight excluding hydrogens is 494 g/mol. The number of piperazine rings is 1. The number of rotatable bonds is 7. The molecule has 5 rings (SSSR count). The van der Waals surface area contributed by atoms with Crippen molar-refractivity contribution in [2.24, 2.45) is 0 Å². The first-order valence-electron chi connectivity index (χ1n) is 12.3. The highest BCUT2D eigenvalue weighted by molar-refractivity contribution is 7.92. The molecule has 0 atom stereocenters. The van der Waals surface area contributed by atoms with Crippen LogP contribution in [0, 0.1) is 0 Å². The maximum atomic E-state index is 12.7. The van der Waals surface area contributed by atoms with E-state index in [0.717, 1.165) is 25.9 Å². The summed E-state index contributed by atoms with van der Waals surface area (Å²) in [5.41, 5.74) is 0.765. The van der Waals surface area contributed by atoms with Gasteiger partial charge < -0.3 is 14.9 Å². The molecule has 1 aromatic heterocycles. The standard InChI is InChI=1S/C26H29N5O5S/c32-25(31-10-4-5-11-31)18-29-12-14-30(15-13-29)24-17-22(26(33)34)21-16-19(8-9-23(21)27-24)28-37(35,36)20-6-2-1-3-7-20/h1-3,6-9,16-17,28H,4-5,10-15,18H2,(H,33,34). The van der Waals surface area contributed by atoms with E-state index in [-0.39, 0.29) is 22.1 Å². The van der Waals surface area contributed by atoms with E-state index in [2.05, 4.69) is 14.6 Å². The molecule has 2 aliphatic heterocycles. The average molecular weight is 524 g/mol. The fourth-order valence-corrected chi connectivity index (χ4v) is 5.89. The van der Waals surface area contributed by atoms with Crippen LogP contribution in [0.25, 0.3) is 10.9 Å². The van der Waals surface area contributed by atoms with Crippen molar-refractivity contribution in [1.82, 2.24) is 14.8 Å². The molecule has 0 bridgehead atoms. The molecule has 0 aliphatic carbocycles. The summed E-state index contributed by atoms with van der Waals surface area (Å²) in [5.74, 6) is -0.402. The molecule has 2 fully saturated rings. The van der Waals surface area contributed by atoms with Crippen LogP contribution in [0.4, 0.5) is 11.5 Å². The van der Waals surface area contributed by atoms with Gasteiger partial charge in [0.1, 0.15) is 5.82 Å². The normalized spacial score (nSPS) is 16.8. The molecule has 11 heteroatoms. The van der Waals surface area contributed by atoms with Crippen molar-refractivity contribution < 1.29 is 23.1 Å². The Hall–Kier alpha value is -3.70. The fourth-order valence-electron chi connectivity index (χ4n) is 4.82. The van der Waals surface area contributed by atoms with Gasteiger partial charge >= 0.3 is 5.97 Å². The van der Waals surface area contributed by atoms with Crippen LogP contribution in [-0.2, 0) is 14.8 Å². The molecule has 2 aliphatic rings. The Balaban J connectivity index is 1.33. The van der Waals surface area contributed by atoms with Gasteiger partial charge in [-0.05, 0) is 49.2 Å². The second-order valence-corrected chi connectivity index (χ2v) is 11.0. The fraction of sp³-hybridized carbons (Fsp3) is 0.346. The van der Waals surface area contributed by atoms with Crippen molar-refractivity contribution in [2.75, 3.05) is 55.4 Å². The summed E-state index contributed by atoms with van der Waals surface area (Å²) in [6, 6.07) is 14.2. The van der Waals surface area contributed by atoms with E-state index in [1.165, 1.54) is 24.3 Å². The number of aromatic carboxylic acids is 1. The van der Waals surface area contributed by atoms with Gasteiger partial charge in [0.25, 0.3) is 10.0 Å². The Kier molecular flexibility index (Phi) is 6.98. The van der Waals surface area contributed by atoms with E-state index in [1.54, 1.807) is 30.3 Å². The lowest BCUT2D eigenvalue weighted by atomic mass is 10.1. The number of likely N-dealkylation sites (tertiary alicyclic amines) is 1. The van der Waals surface area contributed by atoms with Gasteiger partial charge in [0.05, 0.1) is 22.5 Å². The van der Waals surface area contributed by atoms with Crippen molar-refractivity contribution >= 4 is 44.3 Å². The minimum absolute atomic E-state index is 0.0485. The third-order valence-electron chi connectivity index (χ3n) is 6.85. The number of carboxylic acids is 1. The van der Waals surface area contributed by atoms with Gasteiger partial charge in [0.2, 0.25) is 5.91 Å². The molecular formula is C26H29N5O5S. The first-order valence-corrected chi connectivity index (χ1v) is 13.8. The van der Waals surface area contributed by atoms with Crippen molar-refractivity contribution in [3.63, 3.8) is 0 Å². The molecule has 37 heavy (non-hydrogen) atoms. The van der Waals surface area contributed by atoms with Crippen molar-refractivity contribution in [1.29, 1.82) is 0 Å². The Bertz CT molecular complexity index is 1420. The lowest BCUT2D eigenvalue weighted by Gasteiger charge is -2.35. The number of anilines is 2. The number of amides is 1. The molecule has 0 spiro atoms. The molecule has 2 aromatic carbocycles. The van der Waals surface area contributed by atoms with E-state index >= 15 is 0 Å². The quantitative estimate of drug-likeness (QED) is 0.484. The number of fused-ring (bicyclic) bond motifs is 1. The Morgan fingerprint density at radius 1 is 0.919 bits per heavy atom. The number of nitrogens with zero attached hydrogens (tertiary/aromatic N) is 4. The zero-order valence-electron chi connectivity index (χ0n) is 20.3. The highest BCUT2D eigenvalue weighted by Crippen LogP contribution is 2.28. The number of sulfonamides is 1. The Morgan fingerprint density at radius 3 is 2.30 bits per heavy atom. The van der Waals surface area contributed by atoms with Crippen LogP contribution in [-0.4, -0.2) is 86.0 Å². The van der Waals surface area contributed by atoms with E-state index in [9.17, 15) is 23.1 Å². The molecule has 194 valence electrons. The van der Waals surface area contributed by atoms with Gasteiger partial charge in [-0.3, -0.25) is 14.4 Å². The van der Waals surface area contributed by atoms with Crippen LogP contribution >= 0.6 is 0 Å². The SMILES string of the molecule is O=C(O)c1cc(N2CCN(CC(=O)N3CCCC3)CC2)nc2ccc(NS(=O)(=O)c3ccccc3)cc12. The number of aromatic nitrogens is 1. The van der Waals surface area contributed by atoms with Crippen LogP contribution in [0.2, 0.25) is 0 Å². The van der Waals surface area contributed by atoms with E-state index in [4.69, 9.17) is 0 Å². The predicted octanol–water partition coefficient (Wildman–Crippen LogP) is 2.48. The summed E-state index contributed by atoms with van der Waals surface area (Å²) in [4.78, 5) is 35.5. The third kappa shape index (κ3) is 5.52. The van der Waals surface area contributed by atoms with Gasteiger partial charge in [-0.25, -0.2) is 18.2 Å². The highest BCUT2D eigenvalue weighted by atomic mass is 32.2. The molecule has 1 amide bonds. The van der Waals surface area contributed by atoms with Gasteiger partial charge in [-0.1, -0.05) is 18.2 Å². The predicted molar refractivity (Wildman–Crippen MR) is 140 cm³/mol. The van der Waals surface area contributed by atoms with E-state index in [1.807, 2.05) is 9.80 Å². The van der Waals surface area contributed by atoms with Gasteiger partial charge in [-0.2, -0.15) is 0 Å². The number of carbonyl (C=O) groups is 2. The average Bonchev–Trinajstić information content (AvgIpc) is 3.44.